The maximum Gasteiger partial charge on any atom is 0.494 e. The van der Waals surface area contributed by atoms with E-state index < -0.39 is 30.5 Å². The average molecular weight is 622 g/mol. The number of carbonyl (C=O) groups is 1. The van der Waals surface area contributed by atoms with Gasteiger partial charge < -0.3 is 40.1 Å². The highest BCUT2D eigenvalue weighted by atomic mass is 19.4. The number of anilines is 1. The van der Waals surface area contributed by atoms with Crippen LogP contribution in [0, 0.1) is 6.92 Å². The number of alkyl halides is 3. The Morgan fingerprint density at radius 3 is 2.11 bits per heavy atom. The predicted molar refractivity (Wildman–Crippen MR) is 160 cm³/mol. The van der Waals surface area contributed by atoms with Gasteiger partial charge in [0.15, 0.2) is 5.82 Å². The van der Waals surface area contributed by atoms with Crippen molar-refractivity contribution in [3.63, 3.8) is 0 Å². The topological polar surface area (TPSA) is 161 Å². The van der Waals surface area contributed by atoms with Gasteiger partial charge in [-0.25, -0.2) is 4.79 Å². The van der Waals surface area contributed by atoms with Crippen molar-refractivity contribution in [1.29, 1.82) is 0 Å². The molecule has 0 atom stereocenters. The van der Waals surface area contributed by atoms with Crippen LogP contribution in [0.15, 0.2) is 36.4 Å². The fourth-order valence-corrected chi connectivity index (χ4v) is 4.11. The zero-order chi connectivity index (χ0) is 32.7. The minimum absolute atomic E-state index is 0.394. The highest BCUT2D eigenvalue weighted by Crippen LogP contribution is 2.38. The number of aryl methyl sites for hydroxylation is 1. The van der Waals surface area contributed by atoms with Gasteiger partial charge in [0.25, 0.3) is 0 Å². The number of halogens is 3. The monoisotopic (exact) mass is 622 g/mol. The van der Waals surface area contributed by atoms with E-state index in [1.54, 1.807) is 0 Å². The summed E-state index contributed by atoms with van der Waals surface area (Å²) in [6.07, 6.45) is -5.08. The summed E-state index contributed by atoms with van der Waals surface area (Å²) in [4.78, 5) is 8.90. The van der Waals surface area contributed by atoms with E-state index in [0.29, 0.717) is 45.4 Å². The number of carboxylic acids is 1. The van der Waals surface area contributed by atoms with E-state index in [-0.39, 0.29) is 0 Å². The van der Waals surface area contributed by atoms with Crippen molar-refractivity contribution in [2.75, 3.05) is 45.3 Å². The molecule has 0 bridgehead atoms. The molecule has 0 aliphatic carbocycles. The van der Waals surface area contributed by atoms with Crippen LogP contribution in [0.1, 0.15) is 33.4 Å². The van der Waals surface area contributed by atoms with E-state index >= 15 is 0 Å². The molecule has 4 rings (SSSR count). The van der Waals surface area contributed by atoms with Crippen LogP contribution in [-0.4, -0.2) is 85.3 Å². The quantitative estimate of drug-likeness (QED) is 0.212. The molecule has 0 amide bonds. The minimum Gasteiger partial charge on any atom is -0.491 e. The number of benzene rings is 2. The number of hydrogen-bond donors (Lipinski definition) is 3. The molecule has 11 nitrogen and oxygen atoms in total. The standard InChI is InChI=1S/C27H37BN4O5.C2HF3O2/c1-18-22-16-19(6-8-21(22)25(30)32-31-18)23-17-20(28-36-26(2,3)27(4,5)37-28)7-9-24(23)35-15-14-34-13-12-33-11-10-29;3-2(4,5)1(6)7/h6-9,16-17H,10-15,29H2,1-5H3,(H2,30,32);(H,6,7). The van der Waals surface area contributed by atoms with Crippen LogP contribution in [0.2, 0.25) is 0 Å². The van der Waals surface area contributed by atoms with Crippen molar-refractivity contribution in [3.8, 4) is 16.9 Å². The first-order valence-corrected chi connectivity index (χ1v) is 13.9. The number of nitrogens with two attached hydrogens (primary N) is 2. The molecule has 44 heavy (non-hydrogen) atoms. The molecule has 15 heteroatoms. The molecule has 2 aromatic carbocycles. The lowest BCUT2D eigenvalue weighted by atomic mass is 9.77. The molecular weight excluding hydrogens is 584 g/mol. The summed E-state index contributed by atoms with van der Waals surface area (Å²) < 4.78 is 61.5. The van der Waals surface area contributed by atoms with Crippen molar-refractivity contribution in [3.05, 3.63) is 42.1 Å². The Bertz CT molecular complexity index is 1420. The number of nitrogen functional groups attached to an aromatic ring is 1. The maximum atomic E-state index is 10.6. The molecule has 0 radical (unpaired) electrons. The SMILES string of the molecule is Cc1nnc(N)c2ccc(-c3cc(B4OC(C)(C)C(C)(C)O4)ccc3OCCOCCOCCN)cc12.O=C(O)C(F)(F)F. The molecule has 1 aliphatic heterocycles. The Labute approximate surface area is 254 Å². The maximum absolute atomic E-state index is 10.6. The van der Waals surface area contributed by atoms with Crippen LogP contribution in [-0.2, 0) is 23.6 Å². The second-order valence-corrected chi connectivity index (χ2v) is 10.9. The summed E-state index contributed by atoms with van der Waals surface area (Å²) in [6, 6.07) is 12.1. The minimum atomic E-state index is -5.08. The van der Waals surface area contributed by atoms with Crippen LogP contribution >= 0.6 is 0 Å². The van der Waals surface area contributed by atoms with Gasteiger partial charge in [-0.2, -0.15) is 18.3 Å². The van der Waals surface area contributed by atoms with Crippen LogP contribution < -0.4 is 21.7 Å². The van der Waals surface area contributed by atoms with E-state index in [2.05, 4.69) is 22.3 Å². The van der Waals surface area contributed by atoms with Gasteiger partial charge >= 0.3 is 19.3 Å². The Morgan fingerprint density at radius 2 is 1.52 bits per heavy atom. The summed E-state index contributed by atoms with van der Waals surface area (Å²) in [7, 11) is -0.488. The molecule has 0 unspecified atom stereocenters. The number of ether oxygens (including phenoxy) is 3. The molecule has 0 saturated carbocycles. The van der Waals surface area contributed by atoms with Crippen LogP contribution in [0.3, 0.4) is 0 Å². The van der Waals surface area contributed by atoms with Crippen LogP contribution in [0.25, 0.3) is 21.9 Å². The summed E-state index contributed by atoms with van der Waals surface area (Å²) in [5.41, 5.74) is 14.2. The summed E-state index contributed by atoms with van der Waals surface area (Å²) in [5.74, 6) is -1.62. The van der Waals surface area contributed by atoms with Gasteiger partial charge in [-0.1, -0.05) is 18.2 Å². The number of fused-ring (bicyclic) bond motifs is 1. The number of aliphatic carboxylic acids is 1. The highest BCUT2D eigenvalue weighted by Gasteiger charge is 2.51. The zero-order valence-electron chi connectivity index (χ0n) is 25.4. The molecule has 2 heterocycles. The summed E-state index contributed by atoms with van der Waals surface area (Å²) >= 11 is 0. The van der Waals surface area contributed by atoms with E-state index in [1.165, 1.54) is 0 Å². The smallest absolute Gasteiger partial charge is 0.491 e. The molecule has 1 saturated heterocycles. The lowest BCUT2D eigenvalue weighted by Gasteiger charge is -2.32. The van der Waals surface area contributed by atoms with Crippen molar-refractivity contribution >= 4 is 35.1 Å². The third kappa shape index (κ3) is 8.79. The van der Waals surface area contributed by atoms with Gasteiger partial charge in [0.1, 0.15) is 12.4 Å². The van der Waals surface area contributed by atoms with Gasteiger partial charge in [-0.05, 0) is 63.8 Å². The van der Waals surface area contributed by atoms with E-state index in [0.717, 1.165) is 38.8 Å². The second kappa shape index (κ2) is 14.5. The third-order valence-corrected chi connectivity index (χ3v) is 7.20. The molecule has 3 aromatic rings. The molecular formula is C29H38BF3N4O7. The molecule has 1 fully saturated rings. The highest BCUT2D eigenvalue weighted by molar-refractivity contribution is 6.62. The van der Waals surface area contributed by atoms with Gasteiger partial charge in [0.2, 0.25) is 0 Å². The third-order valence-electron chi connectivity index (χ3n) is 7.20. The van der Waals surface area contributed by atoms with Gasteiger partial charge in [0, 0.05) is 22.9 Å². The Morgan fingerprint density at radius 1 is 0.932 bits per heavy atom. The van der Waals surface area contributed by atoms with E-state index in [1.807, 2.05) is 58.9 Å². The van der Waals surface area contributed by atoms with Crippen LogP contribution in [0.4, 0.5) is 19.0 Å². The fraction of sp³-hybridized carbons (Fsp3) is 0.483. The van der Waals surface area contributed by atoms with Gasteiger partial charge in [-0.3, -0.25) is 0 Å². The average Bonchev–Trinajstić information content (AvgIpc) is 3.18. The Balaban J connectivity index is 0.000000676. The molecule has 240 valence electrons. The number of carboxylic acid groups (broad SMARTS) is 1. The lowest BCUT2D eigenvalue weighted by molar-refractivity contribution is -0.192. The second-order valence-electron chi connectivity index (χ2n) is 10.9. The molecule has 5 N–H and O–H groups in total. The number of hydrogen-bond acceptors (Lipinski definition) is 10. The van der Waals surface area contributed by atoms with Crippen molar-refractivity contribution in [2.24, 2.45) is 5.73 Å². The normalized spacial score (nSPS) is 15.6. The largest absolute Gasteiger partial charge is 0.494 e. The van der Waals surface area contributed by atoms with Crippen molar-refractivity contribution in [2.45, 2.75) is 52.0 Å². The van der Waals surface area contributed by atoms with Crippen molar-refractivity contribution < 1.29 is 46.6 Å². The van der Waals surface area contributed by atoms with Crippen LogP contribution in [0.5, 0.6) is 5.75 Å². The first kappa shape index (κ1) is 35.0. The zero-order valence-corrected chi connectivity index (χ0v) is 25.4. The van der Waals surface area contributed by atoms with E-state index in [4.69, 9.17) is 44.9 Å². The molecule has 1 aromatic heterocycles. The Kier molecular flexibility index (Phi) is 11.5. The Hall–Kier alpha value is -3.50. The van der Waals surface area contributed by atoms with Gasteiger partial charge in [-0.15, -0.1) is 5.10 Å². The molecule has 1 aliphatic rings. The fourth-order valence-electron chi connectivity index (χ4n) is 4.11. The predicted octanol–water partition coefficient (Wildman–Crippen LogP) is 3.49. The number of rotatable bonds is 11. The van der Waals surface area contributed by atoms with E-state index in [9.17, 15) is 13.2 Å². The number of aromatic nitrogens is 2. The van der Waals surface area contributed by atoms with Gasteiger partial charge in [0.05, 0.1) is 43.3 Å². The first-order valence-electron chi connectivity index (χ1n) is 13.9. The molecule has 0 spiro atoms. The number of nitrogens with zero attached hydrogens (tertiary/aromatic N) is 2. The van der Waals surface area contributed by atoms with Crippen molar-refractivity contribution in [1.82, 2.24) is 10.2 Å². The lowest BCUT2D eigenvalue weighted by Crippen LogP contribution is -2.41. The summed E-state index contributed by atoms with van der Waals surface area (Å²) in [5, 5.41) is 17.2. The summed E-state index contributed by atoms with van der Waals surface area (Å²) in [6.45, 7) is 13.0. The first-order chi connectivity index (χ1) is 20.6.